The first kappa shape index (κ1) is 15.5. The Balaban J connectivity index is 1.73. The van der Waals surface area contributed by atoms with Crippen molar-refractivity contribution in [1.82, 2.24) is 5.32 Å². The zero-order chi connectivity index (χ0) is 15.1. The van der Waals surface area contributed by atoms with E-state index < -0.39 is 0 Å². The highest BCUT2D eigenvalue weighted by atomic mass is 16.6. The van der Waals surface area contributed by atoms with Gasteiger partial charge in [-0.3, -0.25) is 4.79 Å². The predicted octanol–water partition coefficient (Wildman–Crippen LogP) is 3.04. The number of aryl methyl sites for hydroxylation is 1. The van der Waals surface area contributed by atoms with Crippen molar-refractivity contribution in [3.63, 3.8) is 0 Å². The van der Waals surface area contributed by atoms with E-state index in [1.165, 1.54) is 19.3 Å². The van der Waals surface area contributed by atoms with Gasteiger partial charge >= 0.3 is 0 Å². The molecule has 1 aromatic rings. The van der Waals surface area contributed by atoms with Crippen LogP contribution in [0.2, 0.25) is 0 Å². The molecular weight excluding hydrogens is 264 g/mol. The second kappa shape index (κ2) is 7.81. The van der Waals surface area contributed by atoms with Crippen LogP contribution < -0.4 is 5.32 Å². The molecule has 1 saturated carbocycles. The maximum absolute atomic E-state index is 11.8. The Bertz CT molecular complexity index is 499. The van der Waals surface area contributed by atoms with E-state index in [4.69, 9.17) is 4.84 Å². The molecule has 0 bridgehead atoms. The summed E-state index contributed by atoms with van der Waals surface area (Å²) in [6.07, 6.45) is 6.37. The molecule has 0 unspecified atom stereocenters. The van der Waals surface area contributed by atoms with Crippen LogP contribution in [0, 0.1) is 12.8 Å². The molecule has 0 aromatic heterocycles. The summed E-state index contributed by atoms with van der Waals surface area (Å²) in [4.78, 5) is 16.9. The van der Waals surface area contributed by atoms with Crippen molar-refractivity contribution in [1.29, 1.82) is 0 Å². The van der Waals surface area contributed by atoms with Gasteiger partial charge in [0.1, 0.15) is 0 Å². The molecule has 0 aliphatic heterocycles. The van der Waals surface area contributed by atoms with Gasteiger partial charge in [0.05, 0.1) is 6.21 Å². The highest BCUT2D eigenvalue weighted by Crippen LogP contribution is 2.23. The number of amides is 1. The first-order valence-electron chi connectivity index (χ1n) is 7.67. The minimum atomic E-state index is -0.0873. The van der Waals surface area contributed by atoms with Gasteiger partial charge in [-0.05, 0) is 36.8 Å². The minimum Gasteiger partial charge on any atom is -0.386 e. The molecule has 2 rings (SSSR count). The van der Waals surface area contributed by atoms with Crippen LogP contribution in [-0.4, -0.2) is 24.8 Å². The Morgan fingerprint density at radius 3 is 2.90 bits per heavy atom. The zero-order valence-corrected chi connectivity index (χ0v) is 12.8. The lowest BCUT2D eigenvalue weighted by Crippen LogP contribution is -2.42. The van der Waals surface area contributed by atoms with Gasteiger partial charge in [0, 0.05) is 6.04 Å². The quantitative estimate of drug-likeness (QED) is 0.669. The Morgan fingerprint density at radius 1 is 1.38 bits per heavy atom. The van der Waals surface area contributed by atoms with Gasteiger partial charge in [-0.2, -0.15) is 0 Å². The van der Waals surface area contributed by atoms with E-state index in [1.54, 1.807) is 6.21 Å². The summed E-state index contributed by atoms with van der Waals surface area (Å²) in [5.41, 5.74) is 2.13. The molecule has 0 radical (unpaired) electrons. The second-order valence-electron chi connectivity index (χ2n) is 5.80. The Hall–Kier alpha value is -1.84. The normalized spacial score (nSPS) is 22.2. The fourth-order valence-corrected chi connectivity index (χ4v) is 2.70. The molecule has 1 aliphatic rings. The summed E-state index contributed by atoms with van der Waals surface area (Å²) in [5, 5.41) is 6.91. The zero-order valence-electron chi connectivity index (χ0n) is 12.8. The Morgan fingerprint density at radius 2 is 2.14 bits per heavy atom. The summed E-state index contributed by atoms with van der Waals surface area (Å²) >= 11 is 0. The van der Waals surface area contributed by atoms with Crippen LogP contribution in [0.25, 0.3) is 0 Å². The molecular formula is C17H24N2O2. The monoisotopic (exact) mass is 288 g/mol. The van der Waals surface area contributed by atoms with Crippen molar-refractivity contribution in [3.8, 4) is 0 Å². The third-order valence-corrected chi connectivity index (χ3v) is 4.11. The highest BCUT2D eigenvalue weighted by Gasteiger charge is 2.22. The van der Waals surface area contributed by atoms with Gasteiger partial charge in [-0.1, -0.05) is 49.2 Å². The maximum atomic E-state index is 11.8. The first-order valence-corrected chi connectivity index (χ1v) is 7.67. The van der Waals surface area contributed by atoms with Crippen molar-refractivity contribution in [2.75, 3.05) is 6.61 Å². The molecule has 0 saturated heterocycles. The van der Waals surface area contributed by atoms with Crippen molar-refractivity contribution >= 4 is 12.1 Å². The average molecular weight is 288 g/mol. The number of carbonyl (C=O) groups is 1. The van der Waals surface area contributed by atoms with Crippen molar-refractivity contribution in [3.05, 3.63) is 35.4 Å². The summed E-state index contributed by atoms with van der Waals surface area (Å²) in [7, 11) is 0. The molecule has 1 N–H and O–H groups in total. The van der Waals surface area contributed by atoms with E-state index in [2.05, 4.69) is 17.4 Å². The summed E-state index contributed by atoms with van der Waals surface area (Å²) in [6, 6.07) is 8.19. The highest BCUT2D eigenvalue weighted by molar-refractivity contribution is 5.81. The van der Waals surface area contributed by atoms with Gasteiger partial charge in [-0.15, -0.1) is 0 Å². The summed E-state index contributed by atoms with van der Waals surface area (Å²) < 4.78 is 0. The third-order valence-electron chi connectivity index (χ3n) is 4.11. The first-order chi connectivity index (χ1) is 10.2. The fourth-order valence-electron chi connectivity index (χ4n) is 2.70. The van der Waals surface area contributed by atoms with Crippen LogP contribution in [0.4, 0.5) is 0 Å². The number of nitrogens with zero attached hydrogens (tertiary/aromatic N) is 1. The van der Waals surface area contributed by atoms with Crippen LogP contribution in [0.15, 0.2) is 29.4 Å². The van der Waals surface area contributed by atoms with E-state index in [9.17, 15) is 4.79 Å². The fraction of sp³-hybridized carbons (Fsp3) is 0.529. The van der Waals surface area contributed by atoms with Gasteiger partial charge < -0.3 is 10.2 Å². The van der Waals surface area contributed by atoms with Crippen LogP contribution in [0.5, 0.6) is 0 Å². The minimum absolute atomic E-state index is 0.0222. The van der Waals surface area contributed by atoms with Gasteiger partial charge in [0.15, 0.2) is 6.61 Å². The lowest BCUT2D eigenvalue weighted by molar-refractivity contribution is -0.126. The number of hydrogen-bond acceptors (Lipinski definition) is 3. The van der Waals surface area contributed by atoms with Gasteiger partial charge in [0.2, 0.25) is 0 Å². The van der Waals surface area contributed by atoms with E-state index in [0.29, 0.717) is 5.92 Å². The van der Waals surface area contributed by atoms with E-state index in [-0.39, 0.29) is 18.6 Å². The third kappa shape index (κ3) is 4.88. The number of hydrogen-bond donors (Lipinski definition) is 1. The van der Waals surface area contributed by atoms with Crippen molar-refractivity contribution in [2.45, 2.75) is 45.6 Å². The van der Waals surface area contributed by atoms with Crippen molar-refractivity contribution < 1.29 is 9.63 Å². The Labute approximate surface area is 126 Å². The van der Waals surface area contributed by atoms with Crippen LogP contribution >= 0.6 is 0 Å². The number of benzene rings is 1. The smallest absolute Gasteiger partial charge is 0.261 e. The van der Waals surface area contributed by atoms with Gasteiger partial charge in [0.25, 0.3) is 5.91 Å². The van der Waals surface area contributed by atoms with Crippen molar-refractivity contribution in [2.24, 2.45) is 11.1 Å². The van der Waals surface area contributed by atoms with Gasteiger partial charge in [-0.25, -0.2) is 0 Å². The molecule has 0 heterocycles. The molecule has 21 heavy (non-hydrogen) atoms. The molecule has 4 nitrogen and oxygen atoms in total. The average Bonchev–Trinajstić information content (AvgIpc) is 2.48. The molecule has 1 aromatic carbocycles. The lowest BCUT2D eigenvalue weighted by Gasteiger charge is -2.29. The molecule has 1 amide bonds. The van der Waals surface area contributed by atoms with Crippen LogP contribution in [0.1, 0.15) is 43.7 Å². The molecule has 4 heteroatoms. The summed E-state index contributed by atoms with van der Waals surface area (Å²) in [6.45, 7) is 4.19. The second-order valence-corrected chi connectivity index (χ2v) is 5.80. The number of oxime groups is 1. The van der Waals surface area contributed by atoms with Crippen LogP contribution in [0.3, 0.4) is 0 Å². The number of carbonyl (C=O) groups excluding carboxylic acids is 1. The van der Waals surface area contributed by atoms with Crippen LogP contribution in [-0.2, 0) is 9.63 Å². The standard InChI is InChI=1S/C17H24N2O2/c1-13-7-3-5-9-15(13)11-18-21-12-17(20)19-16-10-6-4-8-14(16)2/h3,5,7,9,11,14,16H,4,6,8,10,12H2,1-2H3,(H,19,20)/b18-11-/t14-,16-/m0/s1. The topological polar surface area (TPSA) is 50.7 Å². The number of rotatable bonds is 5. The molecule has 114 valence electrons. The largest absolute Gasteiger partial charge is 0.386 e. The molecule has 2 atom stereocenters. The maximum Gasteiger partial charge on any atom is 0.261 e. The molecule has 1 fully saturated rings. The predicted molar refractivity (Wildman–Crippen MR) is 84.3 cm³/mol. The molecule has 0 spiro atoms. The molecule has 1 aliphatic carbocycles. The SMILES string of the molecule is Cc1ccccc1/C=N\OCC(=O)N[C@H]1CCCC[C@@H]1C. The van der Waals surface area contributed by atoms with E-state index in [0.717, 1.165) is 17.5 Å². The lowest BCUT2D eigenvalue weighted by atomic mass is 9.86. The van der Waals surface area contributed by atoms with E-state index in [1.807, 2.05) is 31.2 Å². The van der Waals surface area contributed by atoms with E-state index >= 15 is 0 Å². The number of nitrogens with one attached hydrogen (secondary N) is 1. The Kier molecular flexibility index (Phi) is 5.78. The summed E-state index contributed by atoms with van der Waals surface area (Å²) in [5.74, 6) is 0.467.